The van der Waals surface area contributed by atoms with Crippen LogP contribution in [0.1, 0.15) is 59.3 Å². The first-order valence-corrected chi connectivity index (χ1v) is 12.7. The Labute approximate surface area is 234 Å². The highest BCUT2D eigenvalue weighted by Crippen LogP contribution is 2.37. The van der Waals surface area contributed by atoms with Gasteiger partial charge in [0.25, 0.3) is 5.91 Å². The van der Waals surface area contributed by atoms with Crippen molar-refractivity contribution in [3.8, 4) is 6.07 Å². The third-order valence-electron chi connectivity index (χ3n) is 6.45. The first-order chi connectivity index (χ1) is 18.8. The molecule has 0 spiro atoms. The number of hydrogen-bond donors (Lipinski definition) is 1. The molecule has 2 atom stereocenters. The fourth-order valence-corrected chi connectivity index (χ4v) is 4.31. The zero-order chi connectivity index (χ0) is 29.7. The van der Waals surface area contributed by atoms with E-state index in [1.54, 1.807) is 37.3 Å². The number of carbonyl (C=O) groups excluding carboxylic acids is 2. The molecule has 0 aliphatic heterocycles. The summed E-state index contributed by atoms with van der Waals surface area (Å²) in [6, 6.07) is 19.6. The summed E-state index contributed by atoms with van der Waals surface area (Å²) in [5, 5.41) is 12.7. The number of amides is 1. The van der Waals surface area contributed by atoms with Crippen molar-refractivity contribution >= 4 is 23.5 Å². The molecule has 5 nitrogen and oxygen atoms in total. The van der Waals surface area contributed by atoms with E-state index in [9.17, 15) is 32.4 Å². The normalized spacial score (nSPS) is 13.3. The summed E-state index contributed by atoms with van der Waals surface area (Å²) in [5.41, 5.74) is -1.68. The Morgan fingerprint density at radius 3 is 2.30 bits per heavy atom. The average Bonchev–Trinajstić information content (AvgIpc) is 2.92. The maximum atomic E-state index is 14.1. The van der Waals surface area contributed by atoms with Gasteiger partial charge in [-0.15, -0.1) is 0 Å². The summed E-state index contributed by atoms with van der Waals surface area (Å²) >= 11 is 6.01. The lowest BCUT2D eigenvalue weighted by Gasteiger charge is -2.31. The van der Waals surface area contributed by atoms with Crippen LogP contribution in [0.3, 0.4) is 0 Å². The smallest absolute Gasteiger partial charge is 0.339 e. The Morgan fingerprint density at radius 2 is 1.68 bits per heavy atom. The van der Waals surface area contributed by atoms with E-state index in [1.807, 2.05) is 18.2 Å². The first kappa shape index (κ1) is 30.6. The molecule has 0 aromatic heterocycles. The lowest BCUT2D eigenvalue weighted by atomic mass is 9.85. The molecule has 0 aliphatic carbocycles. The molecule has 0 heterocycles. The van der Waals surface area contributed by atoms with E-state index < -0.39 is 47.0 Å². The highest BCUT2D eigenvalue weighted by Gasteiger charge is 2.46. The van der Waals surface area contributed by atoms with Crippen molar-refractivity contribution in [2.24, 2.45) is 0 Å². The lowest BCUT2D eigenvalue weighted by Crippen LogP contribution is -2.50. The van der Waals surface area contributed by atoms with Crippen molar-refractivity contribution in [2.75, 3.05) is 0 Å². The Balaban J connectivity index is 1.83. The summed E-state index contributed by atoms with van der Waals surface area (Å²) in [4.78, 5) is 26.1. The van der Waals surface area contributed by atoms with Crippen LogP contribution in [0.5, 0.6) is 0 Å². The van der Waals surface area contributed by atoms with Gasteiger partial charge in [-0.2, -0.15) is 14.0 Å². The number of halogens is 5. The van der Waals surface area contributed by atoms with Crippen LogP contribution in [0.2, 0.25) is 5.02 Å². The number of rotatable bonds is 10. The summed E-state index contributed by atoms with van der Waals surface area (Å²) < 4.78 is 59.5. The number of esters is 1. The molecule has 2 unspecified atom stereocenters. The van der Waals surface area contributed by atoms with Crippen LogP contribution in [0.4, 0.5) is 17.6 Å². The Bertz CT molecular complexity index is 1400. The van der Waals surface area contributed by atoms with E-state index in [2.05, 4.69) is 11.4 Å². The summed E-state index contributed by atoms with van der Waals surface area (Å²) in [5.74, 6) is -6.99. The van der Waals surface area contributed by atoms with Gasteiger partial charge in [-0.25, -0.2) is 13.6 Å². The van der Waals surface area contributed by atoms with Crippen LogP contribution < -0.4 is 5.32 Å². The number of benzene rings is 3. The average molecular weight is 575 g/mol. The van der Waals surface area contributed by atoms with Crippen molar-refractivity contribution in [2.45, 2.75) is 57.1 Å². The molecule has 0 bridgehead atoms. The Hall–Kier alpha value is -3.90. The van der Waals surface area contributed by atoms with Crippen LogP contribution in [-0.4, -0.2) is 29.9 Å². The highest BCUT2D eigenvalue weighted by molar-refractivity contribution is 6.30. The molecule has 0 aliphatic rings. The van der Waals surface area contributed by atoms with Crippen molar-refractivity contribution in [1.82, 2.24) is 5.32 Å². The third-order valence-corrected chi connectivity index (χ3v) is 6.70. The number of nitriles is 1. The zero-order valence-corrected chi connectivity index (χ0v) is 22.7. The van der Waals surface area contributed by atoms with E-state index in [1.165, 1.54) is 19.9 Å². The van der Waals surface area contributed by atoms with Crippen molar-refractivity contribution in [1.29, 1.82) is 5.26 Å². The number of ether oxygens (including phenoxy) is 1. The van der Waals surface area contributed by atoms with Gasteiger partial charge in [0.15, 0.2) is 5.60 Å². The Morgan fingerprint density at radius 1 is 1.02 bits per heavy atom. The predicted octanol–water partition coefficient (Wildman–Crippen LogP) is 7.04. The van der Waals surface area contributed by atoms with E-state index in [0.717, 1.165) is 23.3 Å². The molecule has 3 aromatic rings. The van der Waals surface area contributed by atoms with Crippen molar-refractivity contribution in [3.63, 3.8) is 0 Å². The minimum Gasteiger partial charge on any atom is -0.446 e. The maximum absolute atomic E-state index is 14.1. The zero-order valence-electron chi connectivity index (χ0n) is 21.9. The van der Waals surface area contributed by atoms with Gasteiger partial charge in [0.05, 0.1) is 17.2 Å². The first-order valence-electron chi connectivity index (χ1n) is 12.3. The van der Waals surface area contributed by atoms with Gasteiger partial charge in [-0.3, -0.25) is 4.79 Å². The summed E-state index contributed by atoms with van der Waals surface area (Å²) in [6.45, 7) is 4.28. The number of alkyl halides is 4. The standard InChI is InChI=1S/C30H27ClF4N2O3/c1-18(24(16-19-11-13-22(31)14-12-19)21-8-6-7-20(15-21)17-36)37-28(39)29(2,3)40-26(38)23-9-4-5-10-25(23)30(34,35)27(32)33/h4-15,18,24,27H,16H2,1-3H3,(H,37,39). The molecular formula is C30H27ClF4N2O3. The second-order valence-electron chi connectivity index (χ2n) is 9.81. The second kappa shape index (κ2) is 12.5. The minimum absolute atomic E-state index is 0.324. The number of carbonyl (C=O) groups is 2. The van der Waals surface area contributed by atoms with Gasteiger partial charge in [0.2, 0.25) is 0 Å². The second-order valence-corrected chi connectivity index (χ2v) is 10.2. The van der Waals surface area contributed by atoms with Crippen LogP contribution in [0.25, 0.3) is 0 Å². The van der Waals surface area contributed by atoms with E-state index in [4.69, 9.17) is 16.3 Å². The molecule has 0 saturated heterocycles. The fraction of sp³-hybridized carbons (Fsp3) is 0.300. The molecular weight excluding hydrogens is 548 g/mol. The van der Waals surface area contributed by atoms with Gasteiger partial charge in [-0.05, 0) is 68.7 Å². The highest BCUT2D eigenvalue weighted by atomic mass is 35.5. The van der Waals surface area contributed by atoms with Gasteiger partial charge in [0, 0.05) is 22.5 Å². The van der Waals surface area contributed by atoms with Gasteiger partial charge >= 0.3 is 18.3 Å². The summed E-state index contributed by atoms with van der Waals surface area (Å²) in [7, 11) is 0. The molecule has 0 fully saturated rings. The van der Waals surface area contributed by atoms with Gasteiger partial charge in [0.1, 0.15) is 0 Å². The minimum atomic E-state index is -4.59. The molecule has 0 saturated carbocycles. The van der Waals surface area contributed by atoms with Crippen LogP contribution in [0.15, 0.2) is 72.8 Å². The molecule has 1 N–H and O–H groups in total. The lowest BCUT2D eigenvalue weighted by molar-refractivity contribution is -0.139. The molecule has 0 radical (unpaired) electrons. The fourth-order valence-electron chi connectivity index (χ4n) is 4.18. The molecule has 1 amide bonds. The monoisotopic (exact) mass is 574 g/mol. The number of nitrogens with one attached hydrogen (secondary N) is 1. The topological polar surface area (TPSA) is 79.2 Å². The van der Waals surface area contributed by atoms with Crippen LogP contribution in [0, 0.1) is 11.3 Å². The SMILES string of the molecule is CC(NC(=O)C(C)(C)OC(=O)c1ccccc1C(F)(F)C(F)F)C(Cc1ccc(Cl)cc1)c1cccc(C#N)c1. The third kappa shape index (κ3) is 7.19. The predicted molar refractivity (Wildman–Crippen MR) is 142 cm³/mol. The quantitative estimate of drug-likeness (QED) is 0.208. The molecule has 3 rings (SSSR count). The Kier molecular flexibility index (Phi) is 9.59. The van der Waals surface area contributed by atoms with Crippen LogP contribution in [-0.2, 0) is 21.9 Å². The van der Waals surface area contributed by atoms with E-state index >= 15 is 0 Å². The van der Waals surface area contributed by atoms with Crippen LogP contribution >= 0.6 is 11.6 Å². The van der Waals surface area contributed by atoms with Crippen molar-refractivity contribution < 1.29 is 31.9 Å². The maximum Gasteiger partial charge on any atom is 0.339 e. The molecule has 10 heteroatoms. The molecule has 3 aromatic carbocycles. The number of nitrogens with zero attached hydrogens (tertiary/aromatic N) is 1. The molecule has 210 valence electrons. The van der Waals surface area contributed by atoms with E-state index in [0.29, 0.717) is 23.1 Å². The molecule has 40 heavy (non-hydrogen) atoms. The van der Waals surface area contributed by atoms with Gasteiger partial charge in [-0.1, -0.05) is 54.1 Å². The van der Waals surface area contributed by atoms with Gasteiger partial charge < -0.3 is 10.1 Å². The van der Waals surface area contributed by atoms with E-state index in [-0.39, 0.29) is 5.92 Å². The summed E-state index contributed by atoms with van der Waals surface area (Å²) in [6.07, 6.45) is -3.58. The number of hydrogen-bond acceptors (Lipinski definition) is 4. The van der Waals surface area contributed by atoms with Crippen molar-refractivity contribution in [3.05, 3.63) is 106 Å². The largest absolute Gasteiger partial charge is 0.446 e.